The van der Waals surface area contributed by atoms with Crippen molar-refractivity contribution in [2.24, 2.45) is 0 Å². The van der Waals surface area contributed by atoms with Gasteiger partial charge in [0.15, 0.2) is 9.79 Å². The van der Waals surface area contributed by atoms with Crippen LogP contribution in [0.25, 0.3) is 0 Å². The van der Waals surface area contributed by atoms with Crippen molar-refractivity contribution in [2.75, 3.05) is 0 Å². The van der Waals surface area contributed by atoms with Crippen LogP contribution in [0.3, 0.4) is 0 Å². The smallest absolute Gasteiger partial charge is 0.0619 e. The van der Waals surface area contributed by atoms with Crippen LogP contribution in [0.1, 0.15) is 0 Å². The fourth-order valence-corrected chi connectivity index (χ4v) is 2.73. The molecule has 0 saturated carbocycles. The van der Waals surface area contributed by atoms with E-state index in [0.717, 1.165) is 4.90 Å². The molecule has 3 aromatic carbocycles. The molecule has 0 atom stereocenters. The van der Waals surface area contributed by atoms with Crippen LogP contribution in [0.4, 0.5) is 50.4 Å². The monoisotopic (exact) mass is 588 g/mol. The maximum absolute atomic E-state index is 10.7. The average Bonchev–Trinajstić information content (AvgIpc) is 2.59. The van der Waals surface area contributed by atoms with Gasteiger partial charge in [-0.15, -0.1) is 0 Å². The molecule has 0 unspecified atom stereocenters. The summed E-state index contributed by atoms with van der Waals surface area (Å²) in [4.78, 5) is 3.81. The molecule has 0 N–H and O–H groups in total. The summed E-state index contributed by atoms with van der Waals surface area (Å²) in [6.45, 7) is 0. The van der Waals surface area contributed by atoms with Crippen LogP contribution in [0.5, 0.6) is 0 Å². The largest absolute Gasteiger partial charge is 0.158 e. The minimum atomic E-state index is -10.7. The number of hydrogen-bond donors (Lipinski definition) is 0. The van der Waals surface area contributed by atoms with Crippen molar-refractivity contribution in [2.45, 2.75) is 14.7 Å². The summed E-state index contributed by atoms with van der Waals surface area (Å²) in [5.74, 6) is 0. The summed E-state index contributed by atoms with van der Waals surface area (Å²) in [6.07, 6.45) is 0. The van der Waals surface area contributed by atoms with E-state index < -0.39 is 15.6 Å². The molecule has 3 rings (SSSR count). The van der Waals surface area contributed by atoms with Crippen molar-refractivity contribution in [1.29, 1.82) is 0 Å². The van der Waals surface area contributed by atoms with E-state index in [-0.39, 0.29) is 0 Å². The van der Waals surface area contributed by atoms with Crippen molar-refractivity contribution < 1.29 is 50.4 Å². The first kappa shape index (κ1) is 32.4. The predicted octanol–water partition coefficient (Wildman–Crippen LogP) is 10.7. The predicted molar refractivity (Wildman–Crippen MR) is 120 cm³/mol. The number of thiol groups is 1. The zero-order valence-corrected chi connectivity index (χ0v) is 20.2. The molecule has 0 heterocycles. The van der Waals surface area contributed by atoms with Gasteiger partial charge in [-0.05, 0) is 49.0 Å². The van der Waals surface area contributed by atoms with Gasteiger partial charge in [0, 0.05) is 11.8 Å². The Hall–Kier alpha value is -1.62. The van der Waals surface area contributed by atoms with Gasteiger partial charge in [-0.2, -0.15) is 0 Å². The normalized spacial score (nSPS) is 15.1. The van der Waals surface area contributed by atoms with Crippen LogP contribution in [-0.4, -0.2) is 0 Å². The summed E-state index contributed by atoms with van der Waals surface area (Å²) < 4.78 is 118. The molecule has 0 nitrogen and oxygen atoms in total. The van der Waals surface area contributed by atoms with E-state index in [0.29, 0.717) is 0 Å². The van der Waals surface area contributed by atoms with Gasteiger partial charge in [0.05, 0.1) is 0 Å². The molecule has 0 fully saturated rings. The minimum Gasteiger partial charge on any atom is -0.0619 e. The van der Waals surface area contributed by atoms with Crippen molar-refractivity contribution in [3.8, 4) is 0 Å². The van der Waals surface area contributed by atoms with Crippen molar-refractivity contribution in [1.82, 2.24) is 0 Å². The number of benzene rings is 3. The van der Waals surface area contributed by atoms with Crippen molar-refractivity contribution >= 4 is 40.0 Å². The Morgan fingerprint density at radius 2 is 0.618 bits per heavy atom. The van der Waals surface area contributed by atoms with E-state index in [1.807, 2.05) is 42.5 Å². The van der Waals surface area contributed by atoms with Crippen LogP contribution in [0.2, 0.25) is 0 Å². The number of hydrogen-bond acceptors (Lipinski definition) is 0. The van der Waals surface area contributed by atoms with E-state index in [4.69, 9.17) is 0 Å². The van der Waals surface area contributed by atoms with Crippen LogP contribution >= 0.6 is 15.6 Å². The van der Waals surface area contributed by atoms with Gasteiger partial charge in [0.1, 0.15) is 4.90 Å². The standard InChI is InChI=1S/C12H10S.C6H6S.2F6P/c1-3-7-11(8-4-1)13-12-9-5-2-6-10-12;7-6-4-2-1-3-5-6;2*1-7(2,3,4,5)6/h1-10H;1-5,7H;;/q;;2*-1/p+2. The first-order valence-corrected chi connectivity index (χ1v) is 13.9. The third-order valence-corrected chi connectivity index (χ3v) is 3.99. The topological polar surface area (TPSA) is 0 Å². The molecule has 34 heavy (non-hydrogen) atoms. The van der Waals surface area contributed by atoms with Gasteiger partial charge in [-0.1, -0.05) is 54.6 Å². The van der Waals surface area contributed by atoms with E-state index in [1.165, 1.54) is 21.6 Å². The van der Waals surface area contributed by atoms with Crippen molar-refractivity contribution in [3.63, 3.8) is 0 Å². The molecule has 196 valence electrons. The Bertz CT molecular complexity index is 905. The van der Waals surface area contributed by atoms with Crippen LogP contribution in [0.15, 0.2) is 106 Å². The quantitative estimate of drug-likeness (QED) is 0.121. The van der Waals surface area contributed by atoms with Crippen LogP contribution < -0.4 is 0 Å². The second-order valence-electron chi connectivity index (χ2n) is 6.07. The molecule has 3 aromatic rings. The van der Waals surface area contributed by atoms with E-state index in [9.17, 15) is 50.4 Å². The third kappa shape index (κ3) is 37.7. The Morgan fingerprint density at radius 1 is 0.412 bits per heavy atom. The van der Waals surface area contributed by atoms with Gasteiger partial charge in [-0.3, -0.25) is 0 Å². The van der Waals surface area contributed by atoms with Gasteiger partial charge >= 0.3 is 66.0 Å². The third-order valence-electron chi connectivity index (χ3n) is 2.54. The van der Waals surface area contributed by atoms with Gasteiger partial charge in [0.25, 0.3) is 0 Å². The van der Waals surface area contributed by atoms with Crippen molar-refractivity contribution in [3.05, 3.63) is 91.0 Å². The Kier molecular flexibility index (Phi) is 9.68. The molecule has 0 saturated heterocycles. The molecule has 0 spiro atoms. The second-order valence-corrected chi connectivity index (χ2v) is 11.7. The molecule has 0 amide bonds. The minimum absolute atomic E-state index is 1.13. The molecule has 0 aliphatic carbocycles. The van der Waals surface area contributed by atoms with Gasteiger partial charge in [-0.25, -0.2) is 0 Å². The maximum atomic E-state index is 9.87. The molecule has 0 aliphatic heterocycles. The fourth-order valence-electron chi connectivity index (χ4n) is 1.59. The van der Waals surface area contributed by atoms with Gasteiger partial charge < -0.3 is 0 Å². The summed E-state index contributed by atoms with van der Waals surface area (Å²) in [6, 6.07) is 30.9. The van der Waals surface area contributed by atoms with Crippen LogP contribution in [0, 0.1) is 0 Å². The Morgan fingerprint density at radius 3 is 0.794 bits per heavy atom. The molecule has 0 bridgehead atoms. The summed E-state index contributed by atoms with van der Waals surface area (Å²) in [7, 11) is -21.3. The molecule has 16 heteroatoms. The molecular weight excluding hydrogens is 570 g/mol. The van der Waals surface area contributed by atoms with E-state index >= 15 is 0 Å². The number of halogens is 12. The SMILES string of the molecule is F[P-](F)(F)(F)(F)F.F[P-](F)(F)(F)(F)F.[SH2+]c1ccccc1.c1ccc([SH+]c2ccccc2)cc1. The Labute approximate surface area is 196 Å². The summed E-state index contributed by atoms with van der Waals surface area (Å²) in [5, 5.41) is 0. The first-order chi connectivity index (χ1) is 14.7. The summed E-state index contributed by atoms with van der Waals surface area (Å²) >= 11 is 4.64. The average molecular weight is 588 g/mol. The molecule has 0 aromatic heterocycles. The molecular formula is C18H18F12P2S2. The van der Waals surface area contributed by atoms with Crippen LogP contribution in [-0.2, 0) is 24.4 Å². The second kappa shape index (κ2) is 10.2. The molecule has 0 aliphatic rings. The van der Waals surface area contributed by atoms with E-state index in [1.54, 1.807) is 0 Å². The first-order valence-electron chi connectivity index (χ1n) is 8.46. The zero-order valence-electron chi connectivity index (χ0n) is 16.5. The Balaban J connectivity index is 0.000000452. The zero-order chi connectivity index (χ0) is 26.9. The molecule has 0 radical (unpaired) electrons. The van der Waals surface area contributed by atoms with Gasteiger partial charge in [0.2, 0.25) is 0 Å². The van der Waals surface area contributed by atoms with E-state index in [2.05, 4.69) is 61.2 Å². The summed E-state index contributed by atoms with van der Waals surface area (Å²) in [5.41, 5.74) is 0. The number of rotatable bonds is 2. The maximum Gasteiger partial charge on any atom is 0.158 e. The fraction of sp³-hybridized carbons (Fsp3) is 0.